The van der Waals surface area contributed by atoms with Gasteiger partial charge >= 0.3 is 5.97 Å². The topological polar surface area (TPSA) is 64.6 Å². The molecule has 0 saturated heterocycles. The van der Waals surface area contributed by atoms with Gasteiger partial charge in [0.15, 0.2) is 11.6 Å². The van der Waals surface area contributed by atoms with Crippen LogP contribution in [0.2, 0.25) is 0 Å². The molecule has 0 aromatic heterocycles. The first kappa shape index (κ1) is 14.0. The van der Waals surface area contributed by atoms with E-state index in [1.807, 2.05) is 0 Å². The molecule has 0 fully saturated rings. The number of halogens is 1. The Morgan fingerprint density at radius 2 is 2.06 bits per heavy atom. The second-order valence-corrected chi connectivity index (χ2v) is 3.50. The molecule has 1 N–H and O–H groups in total. The Morgan fingerprint density at radius 1 is 1.33 bits per heavy atom. The summed E-state index contributed by atoms with van der Waals surface area (Å²) in [7, 11) is 2.59. The van der Waals surface area contributed by atoms with E-state index in [9.17, 15) is 14.0 Å². The number of hydrogen-bond acceptors (Lipinski definition) is 4. The summed E-state index contributed by atoms with van der Waals surface area (Å²) in [6, 6.07) is 4.24. The van der Waals surface area contributed by atoms with Gasteiger partial charge in [0.25, 0.3) is 0 Å². The first-order valence-corrected chi connectivity index (χ1v) is 5.22. The highest BCUT2D eigenvalue weighted by Crippen LogP contribution is 2.17. The summed E-state index contributed by atoms with van der Waals surface area (Å²) in [5, 5.41) is 2.36. The molecular formula is C12H14FNO4. The first-order valence-electron chi connectivity index (χ1n) is 5.22. The molecule has 0 aliphatic carbocycles. The van der Waals surface area contributed by atoms with Crippen LogP contribution in [0.4, 0.5) is 4.39 Å². The molecule has 1 amide bonds. The summed E-state index contributed by atoms with van der Waals surface area (Å²) in [6.07, 6.45) is -0.0160. The summed E-state index contributed by atoms with van der Waals surface area (Å²) in [5.74, 6) is -1.33. The van der Waals surface area contributed by atoms with Crippen LogP contribution in [-0.4, -0.2) is 32.6 Å². The number of esters is 1. The Labute approximate surface area is 104 Å². The fraction of sp³-hybridized carbons (Fsp3) is 0.333. The van der Waals surface area contributed by atoms with E-state index >= 15 is 0 Å². The highest BCUT2D eigenvalue weighted by Gasteiger charge is 2.09. The van der Waals surface area contributed by atoms with Crippen molar-refractivity contribution in [1.29, 1.82) is 0 Å². The summed E-state index contributed by atoms with van der Waals surface area (Å²) in [6.45, 7) is -0.200. The number of carbonyl (C=O) groups is 2. The monoisotopic (exact) mass is 255 g/mol. The van der Waals surface area contributed by atoms with Crippen LogP contribution in [0.5, 0.6) is 5.75 Å². The molecule has 0 saturated carbocycles. The van der Waals surface area contributed by atoms with Crippen LogP contribution in [0.25, 0.3) is 0 Å². The van der Waals surface area contributed by atoms with Gasteiger partial charge in [0.1, 0.15) is 6.54 Å². The number of benzene rings is 1. The number of methoxy groups -OCH3 is 2. The molecule has 0 spiro atoms. The van der Waals surface area contributed by atoms with E-state index in [4.69, 9.17) is 4.74 Å². The highest BCUT2D eigenvalue weighted by atomic mass is 19.1. The Balaban J connectivity index is 2.54. The smallest absolute Gasteiger partial charge is 0.325 e. The number of carbonyl (C=O) groups excluding carboxylic acids is 2. The zero-order valence-electron chi connectivity index (χ0n) is 10.2. The number of hydrogen-bond donors (Lipinski definition) is 1. The first-order chi connectivity index (χ1) is 8.56. The van der Waals surface area contributed by atoms with Crippen molar-refractivity contribution in [3.8, 4) is 5.75 Å². The van der Waals surface area contributed by atoms with E-state index in [0.29, 0.717) is 5.56 Å². The molecule has 0 bridgehead atoms. The molecule has 6 heteroatoms. The number of nitrogens with one attached hydrogen (secondary N) is 1. The van der Waals surface area contributed by atoms with Gasteiger partial charge in [-0.05, 0) is 17.7 Å². The minimum absolute atomic E-state index is 0.0160. The summed E-state index contributed by atoms with van der Waals surface area (Å²) in [4.78, 5) is 22.2. The molecule has 0 unspecified atom stereocenters. The summed E-state index contributed by atoms with van der Waals surface area (Å²) in [5.41, 5.74) is 0.496. The Hall–Kier alpha value is -2.11. The minimum Gasteiger partial charge on any atom is -0.494 e. The minimum atomic E-state index is -0.538. The van der Waals surface area contributed by atoms with E-state index < -0.39 is 11.8 Å². The quantitative estimate of drug-likeness (QED) is 0.785. The molecular weight excluding hydrogens is 241 g/mol. The second-order valence-electron chi connectivity index (χ2n) is 3.50. The number of amides is 1. The second kappa shape index (κ2) is 6.58. The van der Waals surface area contributed by atoms with Gasteiger partial charge in [-0.1, -0.05) is 6.07 Å². The third-order valence-corrected chi connectivity index (χ3v) is 2.24. The van der Waals surface area contributed by atoms with E-state index in [2.05, 4.69) is 10.1 Å². The lowest BCUT2D eigenvalue weighted by Gasteiger charge is -2.06. The van der Waals surface area contributed by atoms with E-state index in [1.165, 1.54) is 26.4 Å². The molecule has 1 aromatic carbocycles. The average Bonchev–Trinajstić information content (AvgIpc) is 2.36. The zero-order chi connectivity index (χ0) is 13.5. The molecule has 0 radical (unpaired) electrons. The van der Waals surface area contributed by atoms with Gasteiger partial charge in [-0.3, -0.25) is 9.59 Å². The van der Waals surface area contributed by atoms with Crippen molar-refractivity contribution in [2.75, 3.05) is 20.8 Å². The largest absolute Gasteiger partial charge is 0.494 e. The fourth-order valence-electron chi connectivity index (χ4n) is 1.31. The molecule has 0 heterocycles. The maximum Gasteiger partial charge on any atom is 0.325 e. The van der Waals surface area contributed by atoms with Crippen molar-refractivity contribution in [2.24, 2.45) is 0 Å². The van der Waals surface area contributed by atoms with Crippen LogP contribution < -0.4 is 10.1 Å². The van der Waals surface area contributed by atoms with Crippen LogP contribution in [0.15, 0.2) is 18.2 Å². The third-order valence-electron chi connectivity index (χ3n) is 2.24. The van der Waals surface area contributed by atoms with E-state index in [1.54, 1.807) is 6.07 Å². The van der Waals surface area contributed by atoms with Crippen molar-refractivity contribution in [1.82, 2.24) is 5.32 Å². The molecule has 1 aromatic rings. The highest BCUT2D eigenvalue weighted by molar-refractivity contribution is 5.83. The number of ether oxygens (including phenoxy) is 2. The lowest BCUT2D eigenvalue weighted by atomic mass is 10.1. The van der Waals surface area contributed by atoms with E-state index in [-0.39, 0.29) is 24.6 Å². The van der Waals surface area contributed by atoms with Gasteiger partial charge in [-0.2, -0.15) is 0 Å². The van der Waals surface area contributed by atoms with Crippen LogP contribution in [0.1, 0.15) is 5.56 Å². The molecule has 18 heavy (non-hydrogen) atoms. The van der Waals surface area contributed by atoms with Crippen molar-refractivity contribution < 1.29 is 23.5 Å². The Morgan fingerprint density at radius 3 is 2.61 bits per heavy atom. The fourth-order valence-corrected chi connectivity index (χ4v) is 1.31. The van der Waals surface area contributed by atoms with Crippen molar-refractivity contribution in [3.05, 3.63) is 29.6 Å². The maximum atomic E-state index is 13.3. The molecule has 0 aliphatic rings. The van der Waals surface area contributed by atoms with Gasteiger partial charge in [0.2, 0.25) is 5.91 Å². The maximum absolute atomic E-state index is 13.3. The summed E-state index contributed by atoms with van der Waals surface area (Å²) >= 11 is 0. The molecule has 0 aliphatic heterocycles. The van der Waals surface area contributed by atoms with Crippen LogP contribution in [0.3, 0.4) is 0 Å². The van der Waals surface area contributed by atoms with Crippen LogP contribution in [0, 0.1) is 5.82 Å². The standard InChI is InChI=1S/C12H14FNO4/c1-17-10-4-3-8(5-9(10)13)6-11(15)14-7-12(16)18-2/h3-5H,6-7H2,1-2H3,(H,14,15). The van der Waals surface area contributed by atoms with Crippen LogP contribution in [-0.2, 0) is 20.7 Å². The predicted molar refractivity (Wildman–Crippen MR) is 61.7 cm³/mol. The van der Waals surface area contributed by atoms with Crippen molar-refractivity contribution in [3.63, 3.8) is 0 Å². The van der Waals surface area contributed by atoms with Crippen molar-refractivity contribution >= 4 is 11.9 Å². The zero-order valence-corrected chi connectivity index (χ0v) is 10.2. The molecule has 98 valence electrons. The molecule has 1 rings (SSSR count). The summed E-state index contributed by atoms with van der Waals surface area (Å²) < 4.78 is 22.5. The Kier molecular flexibility index (Phi) is 5.10. The van der Waals surface area contributed by atoms with Gasteiger partial charge in [0.05, 0.1) is 20.6 Å². The lowest BCUT2D eigenvalue weighted by molar-refractivity contribution is -0.141. The van der Waals surface area contributed by atoms with E-state index in [0.717, 1.165) is 0 Å². The normalized spacial score (nSPS) is 9.72. The molecule has 5 nitrogen and oxygen atoms in total. The van der Waals surface area contributed by atoms with Crippen molar-refractivity contribution in [2.45, 2.75) is 6.42 Å². The Bertz CT molecular complexity index is 448. The van der Waals surface area contributed by atoms with Gasteiger partial charge in [-0.15, -0.1) is 0 Å². The lowest BCUT2D eigenvalue weighted by Crippen LogP contribution is -2.31. The van der Waals surface area contributed by atoms with Gasteiger partial charge in [-0.25, -0.2) is 4.39 Å². The van der Waals surface area contributed by atoms with Gasteiger partial charge < -0.3 is 14.8 Å². The number of rotatable bonds is 5. The van der Waals surface area contributed by atoms with Crippen LogP contribution >= 0.6 is 0 Å². The third kappa shape index (κ3) is 4.04. The average molecular weight is 255 g/mol. The molecule has 0 atom stereocenters. The predicted octanol–water partition coefficient (Wildman–Crippen LogP) is 0.666. The SMILES string of the molecule is COC(=O)CNC(=O)Cc1ccc(OC)c(F)c1. The van der Waals surface area contributed by atoms with Gasteiger partial charge in [0, 0.05) is 0 Å².